The monoisotopic (exact) mass is 386 g/mol. The van der Waals surface area contributed by atoms with E-state index in [1.807, 2.05) is 24.3 Å². The number of piperazine rings is 1. The van der Waals surface area contributed by atoms with E-state index < -0.39 is 6.10 Å². The maximum Gasteiger partial charge on any atom is 0.119 e. The van der Waals surface area contributed by atoms with Gasteiger partial charge >= 0.3 is 0 Å². The van der Waals surface area contributed by atoms with Crippen molar-refractivity contribution < 1.29 is 9.84 Å². The largest absolute Gasteiger partial charge is 0.491 e. The van der Waals surface area contributed by atoms with Gasteiger partial charge in [0.05, 0.1) is 0 Å². The Morgan fingerprint density at radius 1 is 1.00 bits per heavy atom. The van der Waals surface area contributed by atoms with E-state index in [1.165, 1.54) is 29.7 Å². The van der Waals surface area contributed by atoms with E-state index >= 15 is 0 Å². The Morgan fingerprint density at radius 2 is 1.81 bits per heavy atom. The molecule has 1 saturated heterocycles. The molecule has 1 heterocycles. The van der Waals surface area contributed by atoms with Crippen molar-refractivity contribution in [2.45, 2.75) is 25.4 Å². The standard InChI is InChI=1S/C22H27ClN2O2/c23-19-5-2-6-20(14-19)25-11-9-24(10-12-25)15-21(26)16-27-22-8-7-17-3-1-4-18(17)13-22/h2,5-8,13-14,21,26H,1,3-4,9-12,15-16H2/t21-/m0/s1. The van der Waals surface area contributed by atoms with Crippen LogP contribution < -0.4 is 9.64 Å². The van der Waals surface area contributed by atoms with Crippen molar-refractivity contribution in [3.05, 3.63) is 58.6 Å². The van der Waals surface area contributed by atoms with E-state index in [2.05, 4.69) is 28.0 Å². The molecule has 2 aliphatic rings. The molecule has 0 bridgehead atoms. The summed E-state index contributed by atoms with van der Waals surface area (Å²) < 4.78 is 5.84. The predicted molar refractivity (Wildman–Crippen MR) is 110 cm³/mol. The topological polar surface area (TPSA) is 35.9 Å². The summed E-state index contributed by atoms with van der Waals surface area (Å²) in [4.78, 5) is 4.65. The summed E-state index contributed by atoms with van der Waals surface area (Å²) in [5.41, 5.74) is 4.02. The minimum Gasteiger partial charge on any atom is -0.491 e. The number of hydrogen-bond acceptors (Lipinski definition) is 4. The number of hydrogen-bond donors (Lipinski definition) is 1. The van der Waals surface area contributed by atoms with Gasteiger partial charge < -0.3 is 14.7 Å². The van der Waals surface area contributed by atoms with Gasteiger partial charge in [0.2, 0.25) is 0 Å². The first-order valence-electron chi connectivity index (χ1n) is 9.83. The van der Waals surface area contributed by atoms with Gasteiger partial charge in [0.1, 0.15) is 18.5 Å². The highest BCUT2D eigenvalue weighted by molar-refractivity contribution is 6.30. The number of benzene rings is 2. The number of aliphatic hydroxyl groups excluding tert-OH is 1. The normalized spacial score (nSPS) is 18.4. The lowest BCUT2D eigenvalue weighted by molar-refractivity contribution is 0.0663. The van der Waals surface area contributed by atoms with E-state index in [0.29, 0.717) is 13.2 Å². The number of nitrogens with zero attached hydrogens (tertiary/aromatic N) is 2. The smallest absolute Gasteiger partial charge is 0.119 e. The number of rotatable bonds is 6. The van der Waals surface area contributed by atoms with E-state index in [4.69, 9.17) is 16.3 Å². The van der Waals surface area contributed by atoms with Gasteiger partial charge in [0.25, 0.3) is 0 Å². The summed E-state index contributed by atoms with van der Waals surface area (Å²) in [5, 5.41) is 11.2. The molecule has 0 amide bonds. The van der Waals surface area contributed by atoms with E-state index in [-0.39, 0.29) is 0 Å². The van der Waals surface area contributed by atoms with Gasteiger partial charge in [-0.1, -0.05) is 23.7 Å². The summed E-state index contributed by atoms with van der Waals surface area (Å²) in [6, 6.07) is 14.3. The quantitative estimate of drug-likeness (QED) is 0.825. The molecule has 0 radical (unpaired) electrons. The second-order valence-corrected chi connectivity index (χ2v) is 7.95. The fourth-order valence-electron chi connectivity index (χ4n) is 4.04. The van der Waals surface area contributed by atoms with Crippen molar-refractivity contribution in [3.63, 3.8) is 0 Å². The van der Waals surface area contributed by atoms with Crippen LogP contribution in [0.1, 0.15) is 17.5 Å². The lowest BCUT2D eigenvalue weighted by atomic mass is 10.1. The van der Waals surface area contributed by atoms with Crippen molar-refractivity contribution in [2.75, 3.05) is 44.2 Å². The third kappa shape index (κ3) is 4.75. The van der Waals surface area contributed by atoms with Gasteiger partial charge in [0, 0.05) is 43.4 Å². The number of aliphatic hydroxyl groups is 1. The van der Waals surface area contributed by atoms with Gasteiger partial charge in [-0.25, -0.2) is 0 Å². The Kier molecular flexibility index (Phi) is 5.86. The predicted octanol–water partition coefficient (Wildman–Crippen LogP) is 3.39. The highest BCUT2D eigenvalue weighted by atomic mass is 35.5. The van der Waals surface area contributed by atoms with Crippen LogP contribution in [0.5, 0.6) is 5.75 Å². The molecule has 4 rings (SSSR count). The second kappa shape index (κ2) is 8.51. The highest BCUT2D eigenvalue weighted by Crippen LogP contribution is 2.26. The molecule has 2 aromatic carbocycles. The molecule has 4 nitrogen and oxygen atoms in total. The molecular weight excluding hydrogens is 360 g/mol. The van der Waals surface area contributed by atoms with Crippen LogP contribution in [0.3, 0.4) is 0 Å². The number of ether oxygens (including phenoxy) is 1. The Hall–Kier alpha value is -1.75. The summed E-state index contributed by atoms with van der Waals surface area (Å²) >= 11 is 6.09. The minimum absolute atomic E-state index is 0.341. The van der Waals surface area contributed by atoms with Crippen LogP contribution in [0.25, 0.3) is 0 Å². The molecule has 2 aromatic rings. The summed E-state index contributed by atoms with van der Waals surface area (Å²) in [5.74, 6) is 0.875. The molecule has 1 aliphatic heterocycles. The zero-order chi connectivity index (χ0) is 18.6. The number of β-amino-alcohol motifs (C(OH)–C–C–N with tert-alkyl or cyclic N) is 1. The number of anilines is 1. The molecule has 5 heteroatoms. The van der Waals surface area contributed by atoms with Gasteiger partial charge in [0.15, 0.2) is 0 Å². The molecular formula is C22H27ClN2O2. The Morgan fingerprint density at radius 3 is 2.63 bits per heavy atom. The SMILES string of the molecule is O[C@H](COc1ccc2c(c1)CCC2)CN1CCN(c2cccc(Cl)c2)CC1. The molecule has 1 atom stereocenters. The summed E-state index contributed by atoms with van der Waals surface area (Å²) in [6.45, 7) is 4.74. The molecule has 0 aromatic heterocycles. The minimum atomic E-state index is -0.476. The Balaban J connectivity index is 1.22. The second-order valence-electron chi connectivity index (χ2n) is 7.52. The summed E-state index contributed by atoms with van der Waals surface area (Å²) in [7, 11) is 0. The number of aryl methyl sites for hydroxylation is 2. The van der Waals surface area contributed by atoms with Crippen LogP contribution in [0.4, 0.5) is 5.69 Å². The average molecular weight is 387 g/mol. The third-order valence-electron chi connectivity index (χ3n) is 5.53. The highest BCUT2D eigenvalue weighted by Gasteiger charge is 2.20. The average Bonchev–Trinajstić information content (AvgIpc) is 3.15. The maximum atomic E-state index is 10.4. The molecule has 144 valence electrons. The molecule has 0 unspecified atom stereocenters. The van der Waals surface area contributed by atoms with E-state index in [9.17, 15) is 5.11 Å². The Labute approximate surface area is 166 Å². The van der Waals surface area contributed by atoms with Crippen LogP contribution in [0, 0.1) is 0 Å². The van der Waals surface area contributed by atoms with Crippen LogP contribution in [0.15, 0.2) is 42.5 Å². The van der Waals surface area contributed by atoms with Crippen molar-refractivity contribution in [1.29, 1.82) is 0 Å². The first-order valence-corrected chi connectivity index (χ1v) is 10.2. The van der Waals surface area contributed by atoms with Gasteiger partial charge in [-0.2, -0.15) is 0 Å². The lowest BCUT2D eigenvalue weighted by Gasteiger charge is -2.36. The van der Waals surface area contributed by atoms with Crippen molar-refractivity contribution in [3.8, 4) is 5.75 Å². The molecule has 0 spiro atoms. The summed E-state index contributed by atoms with van der Waals surface area (Å²) in [6.07, 6.45) is 3.09. The Bertz CT molecular complexity index is 775. The fraction of sp³-hybridized carbons (Fsp3) is 0.455. The number of halogens is 1. The van der Waals surface area contributed by atoms with Crippen LogP contribution in [0.2, 0.25) is 5.02 Å². The first kappa shape index (κ1) is 18.6. The van der Waals surface area contributed by atoms with Crippen LogP contribution in [-0.2, 0) is 12.8 Å². The van der Waals surface area contributed by atoms with Gasteiger partial charge in [-0.05, 0) is 60.7 Å². The molecule has 1 N–H and O–H groups in total. The van der Waals surface area contributed by atoms with Crippen LogP contribution in [-0.4, -0.2) is 55.4 Å². The zero-order valence-electron chi connectivity index (χ0n) is 15.6. The molecule has 0 saturated carbocycles. The van der Waals surface area contributed by atoms with Crippen LogP contribution >= 0.6 is 11.6 Å². The van der Waals surface area contributed by atoms with Gasteiger partial charge in [-0.15, -0.1) is 0 Å². The van der Waals surface area contributed by atoms with E-state index in [0.717, 1.165) is 43.4 Å². The molecule has 1 aliphatic carbocycles. The maximum absolute atomic E-state index is 10.4. The zero-order valence-corrected chi connectivity index (χ0v) is 16.4. The lowest BCUT2D eigenvalue weighted by Crippen LogP contribution is -2.49. The van der Waals surface area contributed by atoms with E-state index in [1.54, 1.807) is 0 Å². The van der Waals surface area contributed by atoms with Gasteiger partial charge in [-0.3, -0.25) is 4.90 Å². The van der Waals surface area contributed by atoms with Crippen molar-refractivity contribution >= 4 is 17.3 Å². The number of fused-ring (bicyclic) bond motifs is 1. The molecule has 1 fully saturated rings. The molecule has 27 heavy (non-hydrogen) atoms. The fourth-order valence-corrected chi connectivity index (χ4v) is 4.23. The van der Waals surface area contributed by atoms with Crippen molar-refractivity contribution in [2.24, 2.45) is 0 Å². The van der Waals surface area contributed by atoms with Crippen molar-refractivity contribution in [1.82, 2.24) is 4.90 Å². The first-order chi connectivity index (χ1) is 13.2. The third-order valence-corrected chi connectivity index (χ3v) is 5.76.